The Kier molecular flexibility index (Phi) is 5.13. The zero-order valence-electron chi connectivity index (χ0n) is 15.7. The number of sulfonamides is 1. The molecule has 7 nitrogen and oxygen atoms in total. The number of carbonyl (C=O) groups excluding carboxylic acids is 1. The highest BCUT2D eigenvalue weighted by atomic mass is 32.2. The first kappa shape index (κ1) is 18.7. The van der Waals surface area contributed by atoms with Crippen molar-refractivity contribution in [3.05, 3.63) is 29.8 Å². The van der Waals surface area contributed by atoms with E-state index in [1.165, 1.54) is 29.9 Å². The minimum atomic E-state index is -3.19. The lowest BCUT2D eigenvalue weighted by Crippen LogP contribution is -2.50. The van der Waals surface area contributed by atoms with Gasteiger partial charge in [-0.05, 0) is 43.0 Å². The predicted molar refractivity (Wildman–Crippen MR) is 102 cm³/mol. The largest absolute Gasteiger partial charge is 0.492 e. The quantitative estimate of drug-likeness (QED) is 0.643. The first-order chi connectivity index (χ1) is 12.9. The molecule has 1 saturated carbocycles. The lowest BCUT2D eigenvalue weighted by atomic mass is 10.2. The van der Waals surface area contributed by atoms with Gasteiger partial charge in [0.25, 0.3) is 5.91 Å². The summed E-state index contributed by atoms with van der Waals surface area (Å²) in [6.45, 7) is 4.59. The molecule has 2 atom stereocenters. The van der Waals surface area contributed by atoms with Gasteiger partial charge < -0.3 is 9.64 Å². The number of piperazine rings is 1. The van der Waals surface area contributed by atoms with Crippen molar-refractivity contribution in [1.29, 1.82) is 0 Å². The second-order valence-corrected chi connectivity index (χ2v) is 9.82. The smallest absolute Gasteiger partial charge is 0.253 e. The van der Waals surface area contributed by atoms with Gasteiger partial charge in [-0.2, -0.15) is 4.31 Å². The van der Waals surface area contributed by atoms with E-state index in [-0.39, 0.29) is 5.91 Å². The van der Waals surface area contributed by atoms with Gasteiger partial charge in [-0.25, -0.2) is 8.42 Å². The lowest BCUT2D eigenvalue weighted by Gasteiger charge is -2.33. The molecule has 1 amide bonds. The van der Waals surface area contributed by atoms with Crippen LogP contribution in [0.4, 0.5) is 0 Å². The first-order valence-corrected chi connectivity index (χ1v) is 11.5. The van der Waals surface area contributed by atoms with Crippen LogP contribution in [0.5, 0.6) is 5.75 Å². The van der Waals surface area contributed by atoms with Crippen molar-refractivity contribution in [1.82, 2.24) is 14.1 Å². The number of ether oxygens (including phenoxy) is 1. The van der Waals surface area contributed by atoms with E-state index in [1.807, 2.05) is 12.1 Å². The highest BCUT2D eigenvalue weighted by Gasteiger charge is 2.38. The van der Waals surface area contributed by atoms with E-state index >= 15 is 0 Å². The van der Waals surface area contributed by atoms with Crippen LogP contribution in [-0.4, -0.2) is 86.6 Å². The Morgan fingerprint density at radius 3 is 2.37 bits per heavy atom. The Morgan fingerprint density at radius 2 is 1.78 bits per heavy atom. The number of hydrogen-bond acceptors (Lipinski definition) is 5. The zero-order chi connectivity index (χ0) is 19.0. The topological polar surface area (TPSA) is 69.9 Å². The van der Waals surface area contributed by atoms with E-state index in [0.29, 0.717) is 44.4 Å². The standard InChI is InChI=1S/C19H27N3O4S/c1-27(24,25)22-10-8-20(9-11-22)19(23)16-4-6-18(7-5-16)26-14-17-13-21(17)12-15-2-3-15/h4-7,15,17H,2-3,8-14H2,1H3. The van der Waals surface area contributed by atoms with Crippen molar-refractivity contribution in [2.24, 2.45) is 5.92 Å². The summed E-state index contributed by atoms with van der Waals surface area (Å²) in [5.41, 5.74) is 0.608. The molecule has 2 aliphatic heterocycles. The third kappa shape index (κ3) is 4.80. The summed E-state index contributed by atoms with van der Waals surface area (Å²) in [5, 5.41) is 0. The van der Waals surface area contributed by atoms with Crippen molar-refractivity contribution in [2.75, 3.05) is 52.1 Å². The van der Waals surface area contributed by atoms with Crippen LogP contribution in [0.1, 0.15) is 23.2 Å². The Bertz CT molecular complexity index is 784. The van der Waals surface area contributed by atoms with Crippen molar-refractivity contribution in [3.8, 4) is 5.75 Å². The van der Waals surface area contributed by atoms with E-state index in [0.717, 1.165) is 18.2 Å². The molecule has 148 valence electrons. The molecular formula is C19H27N3O4S. The third-order valence-corrected chi connectivity index (χ3v) is 6.86. The zero-order valence-corrected chi connectivity index (χ0v) is 16.5. The van der Waals surface area contributed by atoms with Crippen LogP contribution in [0.25, 0.3) is 0 Å². The average Bonchev–Trinajstić information content (AvgIpc) is 3.58. The molecule has 0 aromatic heterocycles. The molecular weight excluding hydrogens is 366 g/mol. The molecule has 8 heteroatoms. The second-order valence-electron chi connectivity index (χ2n) is 7.84. The fourth-order valence-electron chi connectivity index (χ4n) is 3.53. The van der Waals surface area contributed by atoms with Crippen molar-refractivity contribution in [3.63, 3.8) is 0 Å². The van der Waals surface area contributed by atoms with Gasteiger partial charge in [0.15, 0.2) is 0 Å². The average molecular weight is 394 g/mol. The summed E-state index contributed by atoms with van der Waals surface area (Å²) >= 11 is 0. The fraction of sp³-hybridized carbons (Fsp3) is 0.632. The van der Waals surface area contributed by atoms with E-state index in [2.05, 4.69) is 4.90 Å². The summed E-state index contributed by atoms with van der Waals surface area (Å²) in [7, 11) is -3.19. The van der Waals surface area contributed by atoms with Crippen LogP contribution in [0, 0.1) is 5.92 Å². The van der Waals surface area contributed by atoms with Gasteiger partial charge in [-0.3, -0.25) is 9.69 Å². The Morgan fingerprint density at radius 1 is 1.11 bits per heavy atom. The Hall–Kier alpha value is -1.64. The highest BCUT2D eigenvalue weighted by molar-refractivity contribution is 7.88. The maximum absolute atomic E-state index is 12.6. The van der Waals surface area contributed by atoms with E-state index in [9.17, 15) is 13.2 Å². The van der Waals surface area contributed by atoms with Crippen LogP contribution in [0.3, 0.4) is 0 Å². The Balaban J connectivity index is 1.24. The Labute approximate surface area is 160 Å². The minimum absolute atomic E-state index is 0.0625. The maximum Gasteiger partial charge on any atom is 0.253 e. The van der Waals surface area contributed by atoms with E-state index < -0.39 is 10.0 Å². The molecule has 1 aromatic carbocycles. The molecule has 27 heavy (non-hydrogen) atoms. The molecule has 1 aliphatic carbocycles. The molecule has 0 spiro atoms. The summed E-state index contributed by atoms with van der Waals surface area (Å²) in [4.78, 5) is 16.8. The lowest BCUT2D eigenvalue weighted by molar-refractivity contribution is 0.0698. The van der Waals surface area contributed by atoms with E-state index in [4.69, 9.17) is 4.74 Å². The van der Waals surface area contributed by atoms with E-state index in [1.54, 1.807) is 17.0 Å². The summed E-state index contributed by atoms with van der Waals surface area (Å²) in [5.74, 6) is 1.64. The highest BCUT2D eigenvalue weighted by Crippen LogP contribution is 2.33. The maximum atomic E-state index is 12.6. The molecule has 2 saturated heterocycles. The second kappa shape index (κ2) is 7.41. The number of rotatable bonds is 7. The van der Waals surface area contributed by atoms with Crippen molar-refractivity contribution >= 4 is 15.9 Å². The van der Waals surface area contributed by atoms with Gasteiger partial charge in [0.1, 0.15) is 12.4 Å². The fourth-order valence-corrected chi connectivity index (χ4v) is 4.36. The van der Waals surface area contributed by atoms with Gasteiger partial charge >= 0.3 is 0 Å². The molecule has 0 bridgehead atoms. The normalized spacial score (nSPS) is 26.0. The summed E-state index contributed by atoms with van der Waals surface area (Å²) in [6.07, 6.45) is 3.96. The van der Waals surface area contributed by atoms with Crippen molar-refractivity contribution < 1.29 is 17.9 Å². The number of amides is 1. The van der Waals surface area contributed by atoms with Crippen LogP contribution in [0.15, 0.2) is 24.3 Å². The van der Waals surface area contributed by atoms with Crippen LogP contribution in [-0.2, 0) is 10.0 Å². The molecule has 2 heterocycles. The molecule has 2 unspecified atom stereocenters. The van der Waals surface area contributed by atoms with Gasteiger partial charge in [0, 0.05) is 44.8 Å². The number of hydrogen-bond donors (Lipinski definition) is 0. The van der Waals surface area contributed by atoms with Crippen LogP contribution >= 0.6 is 0 Å². The van der Waals surface area contributed by atoms with Gasteiger partial charge in [0.05, 0.1) is 12.3 Å². The monoisotopic (exact) mass is 393 g/mol. The summed E-state index contributed by atoms with van der Waals surface area (Å²) < 4.78 is 30.4. The molecule has 0 N–H and O–H groups in total. The van der Waals surface area contributed by atoms with Crippen LogP contribution < -0.4 is 4.74 Å². The van der Waals surface area contributed by atoms with Gasteiger partial charge in [0.2, 0.25) is 10.0 Å². The molecule has 1 aromatic rings. The molecule has 4 rings (SSSR count). The van der Waals surface area contributed by atoms with Gasteiger partial charge in [-0.15, -0.1) is 0 Å². The third-order valence-electron chi connectivity index (χ3n) is 5.56. The molecule has 3 fully saturated rings. The first-order valence-electron chi connectivity index (χ1n) is 9.61. The predicted octanol–water partition coefficient (Wildman–Crippen LogP) is 0.877. The molecule has 0 radical (unpaired) electrons. The number of nitrogens with zero attached hydrogens (tertiary/aromatic N) is 3. The van der Waals surface area contributed by atoms with Gasteiger partial charge in [-0.1, -0.05) is 0 Å². The SMILES string of the molecule is CS(=O)(=O)N1CCN(C(=O)c2ccc(OCC3CN3CC3CC3)cc2)CC1. The summed E-state index contributed by atoms with van der Waals surface area (Å²) in [6, 6.07) is 7.80. The number of carbonyl (C=O) groups is 1. The minimum Gasteiger partial charge on any atom is -0.492 e. The van der Waals surface area contributed by atoms with Crippen LogP contribution in [0.2, 0.25) is 0 Å². The number of benzene rings is 1. The van der Waals surface area contributed by atoms with Crippen molar-refractivity contribution in [2.45, 2.75) is 18.9 Å². The molecule has 3 aliphatic rings.